The van der Waals surface area contributed by atoms with Gasteiger partial charge in [0, 0.05) is 12.0 Å². The molecule has 4 nitrogen and oxygen atoms in total. The number of hydrogen-bond acceptors (Lipinski definition) is 4. The Morgan fingerprint density at radius 3 is 2.86 bits per heavy atom. The van der Waals surface area contributed by atoms with Crippen molar-refractivity contribution in [1.29, 1.82) is 0 Å². The van der Waals surface area contributed by atoms with E-state index in [0.29, 0.717) is 18.8 Å². The average Bonchev–Trinajstić information content (AvgIpc) is 2.87. The van der Waals surface area contributed by atoms with Gasteiger partial charge in [-0.15, -0.1) is 0 Å². The number of ether oxygens (including phenoxy) is 3. The SMILES string of the molecule is COc1ccc2c(c1)COC21Cc2ccccc2OC1=O. The Morgan fingerprint density at radius 2 is 2.00 bits per heavy atom. The van der Waals surface area contributed by atoms with Crippen LogP contribution < -0.4 is 9.47 Å². The van der Waals surface area contributed by atoms with E-state index in [2.05, 4.69) is 0 Å². The maximum Gasteiger partial charge on any atom is 0.348 e. The fourth-order valence-electron chi connectivity index (χ4n) is 3.08. The molecule has 21 heavy (non-hydrogen) atoms. The number of fused-ring (bicyclic) bond motifs is 3. The van der Waals surface area contributed by atoms with Crippen molar-refractivity contribution in [3.05, 3.63) is 59.2 Å². The molecule has 106 valence electrons. The van der Waals surface area contributed by atoms with Crippen LogP contribution in [0, 0.1) is 0 Å². The minimum Gasteiger partial charge on any atom is -0.497 e. The Kier molecular flexibility index (Phi) is 2.56. The molecule has 4 heteroatoms. The smallest absolute Gasteiger partial charge is 0.348 e. The van der Waals surface area contributed by atoms with Gasteiger partial charge in [-0.2, -0.15) is 0 Å². The van der Waals surface area contributed by atoms with Gasteiger partial charge < -0.3 is 14.2 Å². The molecule has 1 spiro atoms. The maximum absolute atomic E-state index is 12.5. The van der Waals surface area contributed by atoms with E-state index < -0.39 is 5.60 Å². The zero-order valence-electron chi connectivity index (χ0n) is 11.6. The maximum atomic E-state index is 12.5. The lowest BCUT2D eigenvalue weighted by atomic mass is 9.84. The molecule has 0 aromatic heterocycles. The van der Waals surface area contributed by atoms with E-state index in [1.54, 1.807) is 7.11 Å². The van der Waals surface area contributed by atoms with Crippen LogP contribution in [-0.2, 0) is 28.2 Å². The fourth-order valence-corrected chi connectivity index (χ4v) is 3.08. The molecule has 2 aliphatic heterocycles. The van der Waals surface area contributed by atoms with Crippen LogP contribution in [0.5, 0.6) is 11.5 Å². The van der Waals surface area contributed by atoms with E-state index in [-0.39, 0.29) is 5.97 Å². The number of esters is 1. The quantitative estimate of drug-likeness (QED) is 0.595. The summed E-state index contributed by atoms with van der Waals surface area (Å²) in [6.45, 7) is 0.393. The van der Waals surface area contributed by atoms with Gasteiger partial charge in [-0.25, -0.2) is 4.79 Å². The lowest BCUT2D eigenvalue weighted by molar-refractivity contribution is -0.165. The predicted octanol–water partition coefficient (Wildman–Crippen LogP) is 2.58. The molecule has 0 saturated heterocycles. The molecule has 1 atom stereocenters. The number of para-hydroxylation sites is 1. The minimum atomic E-state index is -1.02. The Morgan fingerprint density at radius 1 is 1.14 bits per heavy atom. The van der Waals surface area contributed by atoms with Gasteiger partial charge in [-0.3, -0.25) is 0 Å². The van der Waals surface area contributed by atoms with Crippen LogP contribution in [0.3, 0.4) is 0 Å². The molecular weight excluding hydrogens is 268 g/mol. The van der Waals surface area contributed by atoms with Crippen molar-refractivity contribution in [3.63, 3.8) is 0 Å². The van der Waals surface area contributed by atoms with Crippen molar-refractivity contribution in [2.24, 2.45) is 0 Å². The van der Waals surface area contributed by atoms with Crippen LogP contribution in [0.1, 0.15) is 16.7 Å². The molecule has 1 unspecified atom stereocenters. The Labute approximate surface area is 122 Å². The summed E-state index contributed by atoms with van der Waals surface area (Å²) in [6.07, 6.45) is 0.501. The number of benzene rings is 2. The van der Waals surface area contributed by atoms with Gasteiger partial charge in [0.25, 0.3) is 0 Å². The van der Waals surface area contributed by atoms with Gasteiger partial charge >= 0.3 is 5.97 Å². The second-order valence-electron chi connectivity index (χ2n) is 5.31. The van der Waals surface area contributed by atoms with E-state index in [4.69, 9.17) is 14.2 Å². The van der Waals surface area contributed by atoms with Crippen molar-refractivity contribution in [3.8, 4) is 11.5 Å². The summed E-state index contributed by atoms with van der Waals surface area (Å²) in [5.41, 5.74) is 1.82. The van der Waals surface area contributed by atoms with E-state index in [1.165, 1.54) is 0 Å². The standard InChI is InChI=1S/C17H14O4/c1-19-13-6-7-14-12(8-13)10-20-17(14)9-11-4-2-3-5-15(11)21-16(17)18/h2-8H,9-10H2,1H3. The molecule has 4 rings (SSSR count). The normalized spacial score (nSPS) is 22.6. The zero-order chi connectivity index (χ0) is 14.4. The number of carbonyl (C=O) groups is 1. The number of rotatable bonds is 1. The second kappa shape index (κ2) is 4.33. The summed E-state index contributed by atoms with van der Waals surface area (Å²) in [5.74, 6) is 1.04. The Bertz CT molecular complexity index is 737. The molecule has 2 aromatic carbocycles. The highest BCUT2D eigenvalue weighted by molar-refractivity contribution is 5.87. The van der Waals surface area contributed by atoms with Crippen LogP contribution in [0.4, 0.5) is 0 Å². The van der Waals surface area contributed by atoms with E-state index in [0.717, 1.165) is 22.4 Å². The minimum absolute atomic E-state index is 0.342. The second-order valence-corrected chi connectivity index (χ2v) is 5.31. The molecule has 2 heterocycles. The van der Waals surface area contributed by atoms with E-state index in [9.17, 15) is 4.79 Å². The third-order valence-corrected chi connectivity index (χ3v) is 4.17. The first-order valence-electron chi connectivity index (χ1n) is 6.84. The average molecular weight is 282 g/mol. The highest BCUT2D eigenvalue weighted by Crippen LogP contribution is 2.45. The van der Waals surface area contributed by atoms with Gasteiger partial charge in [0.05, 0.1) is 13.7 Å². The van der Waals surface area contributed by atoms with Gasteiger partial charge in [0.1, 0.15) is 11.5 Å². The molecule has 2 aromatic rings. The van der Waals surface area contributed by atoms with Crippen LogP contribution >= 0.6 is 0 Å². The van der Waals surface area contributed by atoms with Gasteiger partial charge in [0.15, 0.2) is 5.60 Å². The van der Waals surface area contributed by atoms with Crippen LogP contribution in [0.15, 0.2) is 42.5 Å². The first-order chi connectivity index (χ1) is 10.2. The first-order valence-corrected chi connectivity index (χ1v) is 6.84. The summed E-state index contributed by atoms with van der Waals surface area (Å²) in [5, 5.41) is 0. The topological polar surface area (TPSA) is 44.8 Å². The van der Waals surface area contributed by atoms with Crippen LogP contribution in [0.2, 0.25) is 0 Å². The number of methoxy groups -OCH3 is 1. The molecule has 0 saturated carbocycles. The van der Waals surface area contributed by atoms with Crippen molar-refractivity contribution in [2.45, 2.75) is 18.6 Å². The first kappa shape index (κ1) is 12.4. The van der Waals surface area contributed by atoms with Gasteiger partial charge in [0.2, 0.25) is 0 Å². The van der Waals surface area contributed by atoms with E-state index >= 15 is 0 Å². The molecule has 0 amide bonds. The largest absolute Gasteiger partial charge is 0.497 e. The third kappa shape index (κ3) is 1.69. The van der Waals surface area contributed by atoms with Crippen molar-refractivity contribution in [2.75, 3.05) is 7.11 Å². The molecule has 0 N–H and O–H groups in total. The van der Waals surface area contributed by atoms with Gasteiger partial charge in [-0.1, -0.05) is 24.3 Å². The monoisotopic (exact) mass is 282 g/mol. The Hall–Kier alpha value is -2.33. The predicted molar refractivity (Wildman–Crippen MR) is 75.2 cm³/mol. The zero-order valence-corrected chi connectivity index (χ0v) is 11.6. The number of hydrogen-bond donors (Lipinski definition) is 0. The highest BCUT2D eigenvalue weighted by atomic mass is 16.6. The number of carbonyl (C=O) groups excluding carboxylic acids is 1. The molecular formula is C17H14O4. The molecule has 2 aliphatic rings. The molecule has 0 fully saturated rings. The summed E-state index contributed by atoms with van der Waals surface area (Å²) >= 11 is 0. The Balaban J connectivity index is 1.83. The third-order valence-electron chi connectivity index (χ3n) is 4.17. The molecule has 0 aliphatic carbocycles. The summed E-state index contributed by atoms with van der Waals surface area (Å²) < 4.78 is 16.6. The van der Waals surface area contributed by atoms with Crippen molar-refractivity contribution >= 4 is 5.97 Å². The van der Waals surface area contributed by atoms with E-state index in [1.807, 2.05) is 42.5 Å². The van der Waals surface area contributed by atoms with Crippen molar-refractivity contribution in [1.82, 2.24) is 0 Å². The van der Waals surface area contributed by atoms with Gasteiger partial charge in [-0.05, 0) is 29.3 Å². The summed E-state index contributed by atoms with van der Waals surface area (Å²) in [7, 11) is 1.62. The molecule has 0 bridgehead atoms. The lowest BCUT2D eigenvalue weighted by Crippen LogP contribution is -2.44. The highest BCUT2D eigenvalue weighted by Gasteiger charge is 2.51. The van der Waals surface area contributed by atoms with Crippen LogP contribution in [-0.4, -0.2) is 13.1 Å². The lowest BCUT2D eigenvalue weighted by Gasteiger charge is -2.32. The summed E-state index contributed by atoms with van der Waals surface area (Å²) in [4.78, 5) is 12.5. The van der Waals surface area contributed by atoms with Crippen LogP contribution in [0.25, 0.3) is 0 Å². The van der Waals surface area contributed by atoms with Crippen molar-refractivity contribution < 1.29 is 19.0 Å². The summed E-state index contributed by atoms with van der Waals surface area (Å²) in [6, 6.07) is 13.2. The fraction of sp³-hybridized carbons (Fsp3) is 0.235. The molecule has 0 radical (unpaired) electrons.